The van der Waals surface area contributed by atoms with E-state index in [1.54, 1.807) is 0 Å². The van der Waals surface area contributed by atoms with Crippen LogP contribution in [0.25, 0.3) is 89.0 Å². The van der Waals surface area contributed by atoms with Crippen LogP contribution in [-0.2, 0) is 0 Å². The van der Waals surface area contributed by atoms with Crippen LogP contribution in [0.5, 0.6) is 0 Å². The second kappa shape index (κ2) is 18.7. The van der Waals surface area contributed by atoms with E-state index < -0.39 is 0 Å². The summed E-state index contributed by atoms with van der Waals surface area (Å²) >= 11 is 0. The molecule has 0 radical (unpaired) electrons. The molecular formula is C66H47N. The lowest BCUT2D eigenvalue weighted by molar-refractivity contribution is 1.28. The first kappa shape index (κ1) is 41.0. The van der Waals surface area contributed by atoms with Crippen LogP contribution < -0.4 is 4.90 Å². The van der Waals surface area contributed by atoms with Crippen LogP contribution in [0.3, 0.4) is 0 Å². The van der Waals surface area contributed by atoms with Gasteiger partial charge in [0.1, 0.15) is 0 Å². The molecule has 0 aliphatic carbocycles. The summed E-state index contributed by atoms with van der Waals surface area (Å²) in [6.45, 7) is 0. The van der Waals surface area contributed by atoms with E-state index in [-0.39, 0.29) is 0 Å². The van der Waals surface area contributed by atoms with Crippen molar-refractivity contribution in [3.05, 3.63) is 285 Å². The van der Waals surface area contributed by atoms with Crippen LogP contribution in [0.1, 0.15) is 0 Å². The lowest BCUT2D eigenvalue weighted by Gasteiger charge is -2.29. The van der Waals surface area contributed by atoms with Crippen molar-refractivity contribution in [2.75, 3.05) is 4.90 Å². The van der Waals surface area contributed by atoms with Crippen molar-refractivity contribution in [1.29, 1.82) is 0 Å². The van der Waals surface area contributed by atoms with Gasteiger partial charge < -0.3 is 4.90 Å². The van der Waals surface area contributed by atoms with E-state index in [1.165, 1.54) is 77.9 Å². The predicted octanol–water partition coefficient (Wildman–Crippen LogP) is 18.5. The first-order chi connectivity index (χ1) is 33.2. The molecule has 0 atom stereocenters. The summed E-state index contributed by atoms with van der Waals surface area (Å²) in [5.74, 6) is 0. The number of hydrogen-bond acceptors (Lipinski definition) is 1. The molecule has 0 saturated heterocycles. The van der Waals surface area contributed by atoms with Gasteiger partial charge in [0.2, 0.25) is 0 Å². The van der Waals surface area contributed by atoms with Gasteiger partial charge in [-0.05, 0) is 120 Å². The highest BCUT2D eigenvalue weighted by Gasteiger charge is 2.21. The lowest BCUT2D eigenvalue weighted by atomic mass is 9.87. The number of anilines is 3. The maximum Gasteiger partial charge on any atom is 0.0540 e. The number of nitrogens with zero attached hydrogens (tertiary/aromatic N) is 1. The molecule has 1 heteroatoms. The molecule has 0 aromatic heterocycles. The van der Waals surface area contributed by atoms with Gasteiger partial charge in [0.25, 0.3) is 0 Å². The molecule has 11 rings (SSSR count). The van der Waals surface area contributed by atoms with Crippen LogP contribution in [0.4, 0.5) is 17.1 Å². The highest BCUT2D eigenvalue weighted by Crippen LogP contribution is 2.46. The fraction of sp³-hybridized carbons (Fsp3) is 0. The Balaban J connectivity index is 1.02. The Morgan fingerprint density at radius 2 is 0.448 bits per heavy atom. The maximum absolute atomic E-state index is 2.41. The molecule has 316 valence electrons. The van der Waals surface area contributed by atoms with E-state index in [2.05, 4.69) is 290 Å². The van der Waals surface area contributed by atoms with Crippen molar-refractivity contribution in [1.82, 2.24) is 0 Å². The Morgan fingerprint density at radius 3 is 0.866 bits per heavy atom. The molecule has 11 aromatic carbocycles. The lowest BCUT2D eigenvalue weighted by Crippen LogP contribution is -2.11. The van der Waals surface area contributed by atoms with E-state index in [1.807, 2.05) is 0 Å². The second-order valence-corrected chi connectivity index (χ2v) is 16.9. The normalized spacial score (nSPS) is 11.0. The number of benzene rings is 11. The minimum atomic E-state index is 1.07. The van der Waals surface area contributed by atoms with Crippen molar-refractivity contribution in [2.24, 2.45) is 0 Å². The van der Waals surface area contributed by atoms with Gasteiger partial charge in [-0.25, -0.2) is 0 Å². The summed E-state index contributed by atoms with van der Waals surface area (Å²) in [6, 6.07) is 103. The summed E-state index contributed by atoms with van der Waals surface area (Å²) in [7, 11) is 0. The van der Waals surface area contributed by atoms with Crippen molar-refractivity contribution in [3.63, 3.8) is 0 Å². The van der Waals surface area contributed by atoms with E-state index >= 15 is 0 Å². The fourth-order valence-electron chi connectivity index (χ4n) is 9.30. The van der Waals surface area contributed by atoms with Gasteiger partial charge in [0.05, 0.1) is 5.69 Å². The molecule has 0 aliphatic heterocycles. The Labute approximate surface area is 394 Å². The third-order valence-electron chi connectivity index (χ3n) is 12.8. The number of rotatable bonds is 11. The van der Waals surface area contributed by atoms with Crippen molar-refractivity contribution >= 4 is 17.1 Å². The van der Waals surface area contributed by atoms with Crippen LogP contribution in [0.15, 0.2) is 285 Å². The Kier molecular flexibility index (Phi) is 11.5. The molecule has 0 fully saturated rings. The maximum atomic E-state index is 2.41. The summed E-state index contributed by atoms with van der Waals surface area (Å²) < 4.78 is 0. The molecule has 0 N–H and O–H groups in total. The third-order valence-corrected chi connectivity index (χ3v) is 12.8. The zero-order valence-corrected chi connectivity index (χ0v) is 37.1. The van der Waals surface area contributed by atoms with Crippen LogP contribution in [0, 0.1) is 0 Å². The molecule has 0 saturated carbocycles. The van der Waals surface area contributed by atoms with Gasteiger partial charge in [-0.15, -0.1) is 0 Å². The summed E-state index contributed by atoms with van der Waals surface area (Å²) in [5, 5.41) is 0. The standard InChI is InChI=1S/C66H47N/c1-5-17-48(18-6-1)51-29-33-53(34-30-51)55-37-42-59(43-38-55)67(60-44-39-56(40-45-60)54-35-31-52(32-36-54)49-19-7-2-8-20-49)66-28-16-15-27-64(66)62-25-13-14-26-63(62)65-47-58(50-21-9-3-10-22-50)41-46-61(65)57-23-11-4-12-24-57/h1-47H. The first-order valence-corrected chi connectivity index (χ1v) is 23.0. The number of para-hydroxylation sites is 1. The summed E-state index contributed by atoms with van der Waals surface area (Å²) in [5.41, 5.74) is 22.2. The minimum absolute atomic E-state index is 1.07. The van der Waals surface area contributed by atoms with Crippen molar-refractivity contribution < 1.29 is 0 Å². The smallest absolute Gasteiger partial charge is 0.0540 e. The van der Waals surface area contributed by atoms with Gasteiger partial charge in [0.15, 0.2) is 0 Å². The van der Waals surface area contributed by atoms with Gasteiger partial charge >= 0.3 is 0 Å². The molecule has 0 bridgehead atoms. The van der Waals surface area contributed by atoms with Crippen molar-refractivity contribution in [2.45, 2.75) is 0 Å². The van der Waals surface area contributed by atoms with Gasteiger partial charge in [-0.1, -0.05) is 249 Å². The molecular weight excluding hydrogens is 807 g/mol. The zero-order chi connectivity index (χ0) is 44.8. The largest absolute Gasteiger partial charge is 0.310 e. The molecule has 1 nitrogen and oxygen atoms in total. The SMILES string of the molecule is c1ccc(-c2ccc(-c3ccc(N(c4ccc(-c5ccc(-c6ccccc6)cc5)cc4)c4ccccc4-c4ccccc4-c4cc(-c5ccccc5)ccc4-c4ccccc4)cc3)cc2)cc1. The Bertz CT molecular complexity index is 3250. The van der Waals surface area contributed by atoms with Gasteiger partial charge in [-0.2, -0.15) is 0 Å². The zero-order valence-electron chi connectivity index (χ0n) is 37.1. The molecule has 0 aliphatic rings. The molecule has 0 heterocycles. The Morgan fingerprint density at radius 1 is 0.164 bits per heavy atom. The summed E-state index contributed by atoms with van der Waals surface area (Å²) in [4.78, 5) is 2.41. The summed E-state index contributed by atoms with van der Waals surface area (Å²) in [6.07, 6.45) is 0. The molecule has 0 unspecified atom stereocenters. The quantitative estimate of drug-likeness (QED) is 0.125. The monoisotopic (exact) mass is 853 g/mol. The molecule has 11 aromatic rings. The average Bonchev–Trinajstić information content (AvgIpc) is 3.42. The highest BCUT2D eigenvalue weighted by atomic mass is 15.1. The highest BCUT2D eigenvalue weighted by molar-refractivity contribution is 5.98. The topological polar surface area (TPSA) is 3.24 Å². The van der Waals surface area contributed by atoms with Crippen LogP contribution in [-0.4, -0.2) is 0 Å². The first-order valence-electron chi connectivity index (χ1n) is 23.0. The molecule has 0 amide bonds. The Hall–Kier alpha value is -8.78. The number of hydrogen-bond donors (Lipinski definition) is 0. The van der Waals surface area contributed by atoms with E-state index in [0.717, 1.165) is 28.2 Å². The van der Waals surface area contributed by atoms with Gasteiger partial charge in [-0.3, -0.25) is 0 Å². The van der Waals surface area contributed by atoms with Crippen molar-refractivity contribution in [3.8, 4) is 89.0 Å². The minimum Gasteiger partial charge on any atom is -0.310 e. The van der Waals surface area contributed by atoms with Crippen LogP contribution in [0.2, 0.25) is 0 Å². The van der Waals surface area contributed by atoms with E-state index in [4.69, 9.17) is 0 Å². The second-order valence-electron chi connectivity index (χ2n) is 16.9. The third kappa shape index (κ3) is 8.63. The molecule has 0 spiro atoms. The predicted molar refractivity (Wildman–Crippen MR) is 285 cm³/mol. The van der Waals surface area contributed by atoms with E-state index in [9.17, 15) is 0 Å². The van der Waals surface area contributed by atoms with E-state index in [0.29, 0.717) is 0 Å². The van der Waals surface area contributed by atoms with Crippen LogP contribution >= 0.6 is 0 Å². The fourth-order valence-corrected chi connectivity index (χ4v) is 9.30. The van der Waals surface area contributed by atoms with Gasteiger partial charge in [0, 0.05) is 16.9 Å². The average molecular weight is 854 g/mol. The molecule has 67 heavy (non-hydrogen) atoms.